The molecule has 0 amide bonds. The Morgan fingerprint density at radius 3 is 1.23 bits per heavy atom. The predicted octanol–water partition coefficient (Wildman–Crippen LogP) is 5.78. The lowest BCUT2D eigenvalue weighted by Gasteiger charge is -2.11. The van der Waals surface area contributed by atoms with Gasteiger partial charge in [-0.3, -0.25) is 10.1 Å². The number of hydrogen-bond acceptors (Lipinski definition) is 2. The molecule has 3 nitrogen and oxygen atoms in total. The second-order valence-corrected chi connectivity index (χ2v) is 3.98. The van der Waals surface area contributed by atoms with Crippen molar-refractivity contribution in [2.45, 2.75) is 40.5 Å². The first kappa shape index (κ1) is 22.1. The molecular formula is C19H29NO2. The second-order valence-electron chi connectivity index (χ2n) is 3.98. The first-order valence-corrected chi connectivity index (χ1v) is 7.79. The maximum absolute atomic E-state index is 8.81. The fraction of sp³-hybridized carbons (Fsp3) is 0.368. The molecule has 0 heterocycles. The van der Waals surface area contributed by atoms with E-state index < -0.39 is 4.92 Å². The Morgan fingerprint density at radius 1 is 0.773 bits per heavy atom. The number of rotatable bonds is 2. The highest BCUT2D eigenvalue weighted by atomic mass is 16.6. The molecule has 0 aromatic heterocycles. The molecule has 3 heteroatoms. The van der Waals surface area contributed by atoms with Crippen LogP contribution in [0.5, 0.6) is 0 Å². The smallest absolute Gasteiger partial charge is 0.194 e. The SMILES string of the molecule is CC.CC.CC(c1ccccc1)c1ccccc1.C[N+](=O)[O-]. The van der Waals surface area contributed by atoms with Crippen LogP contribution in [0.2, 0.25) is 0 Å². The molecule has 122 valence electrons. The van der Waals surface area contributed by atoms with E-state index in [1.165, 1.54) is 11.1 Å². The number of nitro groups is 1. The third-order valence-electron chi connectivity index (χ3n) is 2.60. The van der Waals surface area contributed by atoms with Crippen molar-refractivity contribution < 1.29 is 4.92 Å². The van der Waals surface area contributed by atoms with Crippen LogP contribution in [-0.2, 0) is 0 Å². The van der Waals surface area contributed by atoms with Crippen LogP contribution in [0.1, 0.15) is 51.7 Å². The van der Waals surface area contributed by atoms with Gasteiger partial charge in [-0.05, 0) is 11.1 Å². The minimum absolute atomic E-state index is 0.484. The zero-order chi connectivity index (χ0) is 17.4. The van der Waals surface area contributed by atoms with Crippen LogP contribution in [0.15, 0.2) is 60.7 Å². The summed E-state index contributed by atoms with van der Waals surface area (Å²) in [4.78, 5) is 8.31. The molecule has 22 heavy (non-hydrogen) atoms. The quantitative estimate of drug-likeness (QED) is 0.521. The molecular weight excluding hydrogens is 274 g/mol. The van der Waals surface area contributed by atoms with Gasteiger partial charge in [0, 0.05) is 10.8 Å². The summed E-state index contributed by atoms with van der Waals surface area (Å²) in [7, 11) is 0.889. The van der Waals surface area contributed by atoms with E-state index in [0.29, 0.717) is 5.92 Å². The molecule has 0 spiro atoms. The summed E-state index contributed by atoms with van der Waals surface area (Å²) in [6.07, 6.45) is 0. The molecule has 0 saturated carbocycles. The van der Waals surface area contributed by atoms with Gasteiger partial charge < -0.3 is 0 Å². The van der Waals surface area contributed by atoms with Gasteiger partial charge in [0.1, 0.15) is 0 Å². The average Bonchev–Trinajstić information content (AvgIpc) is 2.59. The number of nitrogens with zero attached hydrogens (tertiary/aromatic N) is 1. The largest absolute Gasteiger partial charge is 0.265 e. The normalized spacial score (nSPS) is 8.32. The lowest BCUT2D eigenvalue weighted by atomic mass is 9.93. The third-order valence-corrected chi connectivity index (χ3v) is 2.60. The van der Waals surface area contributed by atoms with Crippen LogP contribution < -0.4 is 0 Å². The minimum Gasteiger partial charge on any atom is -0.265 e. The van der Waals surface area contributed by atoms with Crippen molar-refractivity contribution in [2.24, 2.45) is 0 Å². The molecule has 0 fully saturated rings. The molecule has 0 aliphatic rings. The summed E-state index contributed by atoms with van der Waals surface area (Å²) in [6.45, 7) is 10.2. The summed E-state index contributed by atoms with van der Waals surface area (Å²) in [5.41, 5.74) is 2.75. The Kier molecular flexibility index (Phi) is 15.3. The first-order valence-electron chi connectivity index (χ1n) is 7.79. The Bertz CT molecular complexity index is 426. The van der Waals surface area contributed by atoms with Crippen molar-refractivity contribution in [1.29, 1.82) is 0 Å². The highest BCUT2D eigenvalue weighted by Crippen LogP contribution is 2.22. The predicted molar refractivity (Wildman–Crippen MR) is 96.0 cm³/mol. The minimum atomic E-state index is -0.500. The first-order chi connectivity index (χ1) is 10.6. The lowest BCUT2D eigenvalue weighted by Crippen LogP contribution is -1.94. The van der Waals surface area contributed by atoms with Gasteiger partial charge in [0.2, 0.25) is 0 Å². The molecule has 0 aliphatic carbocycles. The van der Waals surface area contributed by atoms with Crippen molar-refractivity contribution in [2.75, 3.05) is 7.05 Å². The molecule has 2 aromatic rings. The summed E-state index contributed by atoms with van der Waals surface area (Å²) >= 11 is 0. The van der Waals surface area contributed by atoms with Crippen LogP contribution in [0.4, 0.5) is 0 Å². The highest BCUT2D eigenvalue weighted by Gasteiger charge is 2.05. The van der Waals surface area contributed by atoms with E-state index >= 15 is 0 Å². The molecule has 0 bridgehead atoms. The van der Waals surface area contributed by atoms with E-state index in [0.717, 1.165) is 7.05 Å². The Hall–Kier alpha value is -2.16. The molecule has 2 aromatic carbocycles. The summed E-state index contributed by atoms with van der Waals surface area (Å²) in [5.74, 6) is 0.484. The zero-order valence-corrected chi connectivity index (χ0v) is 14.6. The van der Waals surface area contributed by atoms with E-state index in [2.05, 4.69) is 67.6 Å². The topological polar surface area (TPSA) is 43.1 Å². The molecule has 2 rings (SSSR count). The van der Waals surface area contributed by atoms with E-state index in [1.807, 2.05) is 27.7 Å². The Morgan fingerprint density at radius 2 is 1.00 bits per heavy atom. The zero-order valence-electron chi connectivity index (χ0n) is 14.6. The van der Waals surface area contributed by atoms with Gasteiger partial charge in [-0.15, -0.1) is 0 Å². The number of benzene rings is 2. The van der Waals surface area contributed by atoms with Crippen LogP contribution in [0, 0.1) is 10.1 Å². The third kappa shape index (κ3) is 10.6. The monoisotopic (exact) mass is 303 g/mol. The van der Waals surface area contributed by atoms with E-state index in [-0.39, 0.29) is 0 Å². The summed E-state index contributed by atoms with van der Waals surface area (Å²) < 4.78 is 0. The van der Waals surface area contributed by atoms with Gasteiger partial charge in [0.15, 0.2) is 7.05 Å². The summed E-state index contributed by atoms with van der Waals surface area (Å²) in [5, 5.41) is 8.81. The molecule has 0 saturated heterocycles. The van der Waals surface area contributed by atoms with Gasteiger partial charge in [-0.25, -0.2) is 0 Å². The second kappa shape index (κ2) is 15.2. The lowest BCUT2D eigenvalue weighted by molar-refractivity contribution is -0.445. The van der Waals surface area contributed by atoms with Crippen molar-refractivity contribution >= 4 is 0 Å². The van der Waals surface area contributed by atoms with Gasteiger partial charge in [-0.1, -0.05) is 95.3 Å². The highest BCUT2D eigenvalue weighted by molar-refractivity contribution is 5.31. The summed E-state index contributed by atoms with van der Waals surface area (Å²) in [6, 6.07) is 21.2. The Labute approximate surface area is 135 Å². The molecule has 0 aliphatic heterocycles. The average molecular weight is 303 g/mol. The molecule has 0 N–H and O–H groups in total. The van der Waals surface area contributed by atoms with Crippen LogP contribution in [0.25, 0.3) is 0 Å². The van der Waals surface area contributed by atoms with Gasteiger partial charge in [-0.2, -0.15) is 0 Å². The van der Waals surface area contributed by atoms with Gasteiger partial charge >= 0.3 is 0 Å². The molecule has 0 atom stereocenters. The standard InChI is InChI=1S/C14H14.2C2H6.CH3NO2/c1-12(13-8-4-2-5-9-13)14-10-6-3-7-11-14;2*1-2;1-2(3)4/h2-12H,1H3;2*1-2H3;1H3. The molecule has 0 unspecified atom stereocenters. The van der Waals surface area contributed by atoms with Crippen molar-refractivity contribution in [3.05, 3.63) is 81.9 Å². The van der Waals surface area contributed by atoms with Crippen LogP contribution in [0.3, 0.4) is 0 Å². The maximum atomic E-state index is 8.81. The van der Waals surface area contributed by atoms with Crippen LogP contribution in [-0.4, -0.2) is 12.0 Å². The van der Waals surface area contributed by atoms with E-state index in [4.69, 9.17) is 10.1 Å². The maximum Gasteiger partial charge on any atom is 0.194 e. The van der Waals surface area contributed by atoms with Gasteiger partial charge in [0.05, 0.1) is 0 Å². The van der Waals surface area contributed by atoms with Crippen LogP contribution >= 0.6 is 0 Å². The van der Waals surface area contributed by atoms with Gasteiger partial charge in [0.25, 0.3) is 0 Å². The molecule has 0 radical (unpaired) electrons. The number of hydrogen-bond donors (Lipinski definition) is 0. The fourth-order valence-electron chi connectivity index (χ4n) is 1.68. The van der Waals surface area contributed by atoms with E-state index in [1.54, 1.807) is 0 Å². The Balaban J connectivity index is 0. The van der Waals surface area contributed by atoms with Crippen molar-refractivity contribution in [3.8, 4) is 0 Å². The van der Waals surface area contributed by atoms with E-state index in [9.17, 15) is 0 Å². The fourth-order valence-corrected chi connectivity index (χ4v) is 1.68. The van der Waals surface area contributed by atoms with Crippen molar-refractivity contribution in [3.63, 3.8) is 0 Å². The van der Waals surface area contributed by atoms with Crippen molar-refractivity contribution in [1.82, 2.24) is 0 Å².